The van der Waals surface area contributed by atoms with Gasteiger partial charge in [0.2, 0.25) is 0 Å². The van der Waals surface area contributed by atoms with Gasteiger partial charge in [0.25, 0.3) is 5.91 Å². The van der Waals surface area contributed by atoms with Crippen LogP contribution in [-0.4, -0.2) is 28.0 Å². The minimum Gasteiger partial charge on any atom is -0.496 e. The molecule has 0 atom stereocenters. The van der Waals surface area contributed by atoms with Crippen molar-refractivity contribution >= 4 is 33.4 Å². The Bertz CT molecular complexity index is 1420. The summed E-state index contributed by atoms with van der Waals surface area (Å²) in [4.78, 5) is 14.7. The van der Waals surface area contributed by atoms with Crippen molar-refractivity contribution < 1.29 is 9.53 Å². The number of para-hydroxylation sites is 1. The number of hydrogen-bond donors (Lipinski definition) is 1. The number of carbonyl (C=O) groups is 1. The molecule has 0 radical (unpaired) electrons. The molecule has 0 saturated carbocycles. The van der Waals surface area contributed by atoms with Crippen LogP contribution in [0.1, 0.15) is 15.9 Å². The Morgan fingerprint density at radius 3 is 2.23 bits per heavy atom. The van der Waals surface area contributed by atoms with Gasteiger partial charge in [-0.25, -0.2) is 0 Å². The van der Waals surface area contributed by atoms with E-state index in [2.05, 4.69) is 15.5 Å². The van der Waals surface area contributed by atoms with Crippen LogP contribution < -0.4 is 10.1 Å². The van der Waals surface area contributed by atoms with E-state index in [4.69, 9.17) is 4.74 Å². The van der Waals surface area contributed by atoms with E-state index < -0.39 is 0 Å². The molecule has 0 bridgehead atoms. The third-order valence-corrected chi connectivity index (χ3v) is 5.27. The zero-order valence-electron chi connectivity index (χ0n) is 17.2. The Morgan fingerprint density at radius 1 is 0.871 bits per heavy atom. The number of anilines is 1. The topological polar surface area (TPSA) is 69.0 Å². The molecule has 5 aromatic rings. The molecule has 0 unspecified atom stereocenters. The molecule has 31 heavy (non-hydrogen) atoms. The van der Waals surface area contributed by atoms with Gasteiger partial charge in [-0.05, 0) is 59.7 Å². The van der Waals surface area contributed by atoms with Gasteiger partial charge < -0.3 is 10.1 Å². The minimum absolute atomic E-state index is 0.236. The highest BCUT2D eigenvalue weighted by Crippen LogP contribution is 2.28. The van der Waals surface area contributed by atoms with Crippen molar-refractivity contribution in [2.75, 3.05) is 12.4 Å². The number of amides is 1. The van der Waals surface area contributed by atoms with Crippen molar-refractivity contribution in [2.24, 2.45) is 0 Å². The summed E-state index contributed by atoms with van der Waals surface area (Å²) in [5, 5.41) is 14.1. The molecule has 1 amide bonds. The molecule has 0 aliphatic heterocycles. The van der Waals surface area contributed by atoms with Crippen LogP contribution in [0.4, 0.5) is 5.69 Å². The fourth-order valence-corrected chi connectivity index (χ4v) is 3.63. The highest BCUT2D eigenvalue weighted by atomic mass is 16.5. The van der Waals surface area contributed by atoms with E-state index in [-0.39, 0.29) is 5.91 Å². The van der Waals surface area contributed by atoms with Crippen LogP contribution in [0.25, 0.3) is 27.5 Å². The first-order valence-corrected chi connectivity index (χ1v) is 9.93. The molecule has 0 aliphatic rings. The minimum atomic E-state index is -0.236. The molecule has 5 rings (SSSR count). The van der Waals surface area contributed by atoms with Crippen molar-refractivity contribution in [3.05, 3.63) is 90.0 Å². The largest absolute Gasteiger partial charge is 0.496 e. The second kappa shape index (κ2) is 7.57. The van der Waals surface area contributed by atoms with Crippen LogP contribution in [0.2, 0.25) is 0 Å². The average molecular weight is 408 g/mol. The summed E-state index contributed by atoms with van der Waals surface area (Å²) < 4.78 is 5.48. The predicted octanol–water partition coefficient (Wildman–Crippen LogP) is 5.14. The monoisotopic (exact) mass is 408 g/mol. The predicted molar refractivity (Wildman–Crippen MR) is 122 cm³/mol. The molecule has 1 heterocycles. The lowest BCUT2D eigenvalue weighted by Crippen LogP contribution is -2.14. The fraction of sp³-hybridized carbons (Fsp3) is 0.0800. The van der Waals surface area contributed by atoms with E-state index in [0.29, 0.717) is 22.5 Å². The first kappa shape index (κ1) is 18.8. The lowest BCUT2D eigenvalue weighted by molar-refractivity contribution is 0.102. The molecule has 0 aliphatic carbocycles. The van der Waals surface area contributed by atoms with Crippen molar-refractivity contribution in [1.82, 2.24) is 15.0 Å². The fourth-order valence-electron chi connectivity index (χ4n) is 3.63. The van der Waals surface area contributed by atoms with Gasteiger partial charge in [0.05, 0.1) is 18.4 Å². The Hall–Kier alpha value is -4.19. The first-order chi connectivity index (χ1) is 15.1. The zero-order chi connectivity index (χ0) is 21.4. The van der Waals surface area contributed by atoms with Crippen molar-refractivity contribution in [3.8, 4) is 11.4 Å². The number of rotatable bonds is 4. The third kappa shape index (κ3) is 3.48. The lowest BCUT2D eigenvalue weighted by atomic mass is 10.0. The summed E-state index contributed by atoms with van der Waals surface area (Å²) >= 11 is 0. The van der Waals surface area contributed by atoms with Crippen LogP contribution in [0.5, 0.6) is 5.75 Å². The molecular formula is C25H20N4O2. The SMILES string of the molecule is COc1cc2ccccc2cc1C(=O)Nc1cc2nn(-c3ccccc3)nc2cc1C. The first-order valence-electron chi connectivity index (χ1n) is 9.93. The van der Waals surface area contributed by atoms with Gasteiger partial charge in [-0.15, -0.1) is 10.2 Å². The molecule has 4 aromatic carbocycles. The molecule has 1 aromatic heterocycles. The standard InChI is InChI=1S/C25H20N4O2/c1-16-12-22-23(28-29(27-22)19-10-4-3-5-11-19)15-21(16)26-25(30)20-13-17-8-6-7-9-18(17)14-24(20)31-2/h3-15H,1-2H3,(H,26,30). The molecule has 1 N–H and O–H groups in total. The average Bonchev–Trinajstić information content (AvgIpc) is 3.21. The molecule has 152 valence electrons. The molecule has 0 saturated heterocycles. The maximum absolute atomic E-state index is 13.1. The van der Waals surface area contributed by atoms with Gasteiger partial charge in [-0.3, -0.25) is 4.79 Å². The summed E-state index contributed by atoms with van der Waals surface area (Å²) in [6.45, 7) is 1.94. The smallest absolute Gasteiger partial charge is 0.259 e. The van der Waals surface area contributed by atoms with Crippen molar-refractivity contribution in [1.29, 1.82) is 0 Å². The number of ether oxygens (including phenoxy) is 1. The number of nitrogens with one attached hydrogen (secondary N) is 1. The highest BCUT2D eigenvalue weighted by Gasteiger charge is 2.16. The van der Waals surface area contributed by atoms with Gasteiger partial charge >= 0.3 is 0 Å². The summed E-state index contributed by atoms with van der Waals surface area (Å²) in [6.07, 6.45) is 0. The molecule has 0 spiro atoms. The van der Waals surface area contributed by atoms with E-state index in [1.54, 1.807) is 11.9 Å². The summed E-state index contributed by atoms with van der Waals surface area (Å²) in [5.74, 6) is 0.297. The van der Waals surface area contributed by atoms with E-state index in [1.807, 2.05) is 85.8 Å². The van der Waals surface area contributed by atoms with Crippen LogP contribution in [0.3, 0.4) is 0 Å². The zero-order valence-corrected chi connectivity index (χ0v) is 17.2. The molecule has 6 nitrogen and oxygen atoms in total. The van der Waals surface area contributed by atoms with Crippen molar-refractivity contribution in [3.63, 3.8) is 0 Å². The summed E-state index contributed by atoms with van der Waals surface area (Å²) in [5.41, 5.74) is 4.42. The van der Waals surface area contributed by atoms with Crippen LogP contribution in [0, 0.1) is 6.92 Å². The number of fused-ring (bicyclic) bond motifs is 2. The van der Waals surface area contributed by atoms with E-state index in [9.17, 15) is 4.79 Å². The number of carbonyl (C=O) groups excluding carboxylic acids is 1. The van der Waals surface area contributed by atoms with Crippen LogP contribution in [-0.2, 0) is 0 Å². The quantitative estimate of drug-likeness (QED) is 0.447. The Balaban J connectivity index is 1.51. The highest BCUT2D eigenvalue weighted by molar-refractivity contribution is 6.09. The Labute approximate surface area is 179 Å². The van der Waals surface area contributed by atoms with Crippen LogP contribution >= 0.6 is 0 Å². The summed E-state index contributed by atoms with van der Waals surface area (Å²) in [6, 6.07) is 25.1. The van der Waals surface area contributed by atoms with Gasteiger partial charge in [0, 0.05) is 5.69 Å². The normalized spacial score (nSPS) is 11.0. The van der Waals surface area contributed by atoms with Gasteiger partial charge in [0.1, 0.15) is 16.8 Å². The number of nitrogens with zero attached hydrogens (tertiary/aromatic N) is 3. The second-order valence-electron chi connectivity index (χ2n) is 7.33. The number of aryl methyl sites for hydroxylation is 1. The van der Waals surface area contributed by atoms with E-state index >= 15 is 0 Å². The maximum atomic E-state index is 13.1. The van der Waals surface area contributed by atoms with Gasteiger partial charge in [0.15, 0.2) is 0 Å². The number of hydrogen-bond acceptors (Lipinski definition) is 4. The number of benzene rings is 4. The lowest BCUT2D eigenvalue weighted by Gasteiger charge is -2.12. The van der Waals surface area contributed by atoms with Gasteiger partial charge in [-0.1, -0.05) is 42.5 Å². The van der Waals surface area contributed by atoms with Crippen LogP contribution in [0.15, 0.2) is 78.9 Å². The maximum Gasteiger partial charge on any atom is 0.259 e. The number of methoxy groups -OCH3 is 1. The summed E-state index contributed by atoms with van der Waals surface area (Å²) in [7, 11) is 1.57. The Morgan fingerprint density at radius 2 is 1.52 bits per heavy atom. The third-order valence-electron chi connectivity index (χ3n) is 5.27. The Kier molecular flexibility index (Phi) is 4.59. The van der Waals surface area contributed by atoms with E-state index in [0.717, 1.165) is 27.5 Å². The van der Waals surface area contributed by atoms with Crippen molar-refractivity contribution in [2.45, 2.75) is 6.92 Å². The second-order valence-corrected chi connectivity index (χ2v) is 7.33. The molecule has 0 fully saturated rings. The molecular weight excluding hydrogens is 388 g/mol. The number of aromatic nitrogens is 3. The van der Waals surface area contributed by atoms with E-state index in [1.165, 1.54) is 0 Å². The van der Waals surface area contributed by atoms with Gasteiger partial charge in [-0.2, -0.15) is 4.80 Å². The molecule has 6 heteroatoms.